The van der Waals surface area contributed by atoms with Crippen molar-refractivity contribution in [3.05, 3.63) is 17.0 Å². The third-order valence-corrected chi connectivity index (χ3v) is 8.26. The number of hydrogen-bond acceptors (Lipinski definition) is 5. The van der Waals surface area contributed by atoms with E-state index in [4.69, 9.17) is 14.0 Å². The first-order valence-corrected chi connectivity index (χ1v) is 12.4. The molecule has 5 aliphatic rings. The van der Waals surface area contributed by atoms with Gasteiger partial charge in [-0.15, -0.1) is 0 Å². The van der Waals surface area contributed by atoms with E-state index in [1.54, 1.807) is 0 Å². The summed E-state index contributed by atoms with van der Waals surface area (Å²) in [5.74, 6) is 2.23. The Bertz CT molecular complexity index is 841. The first kappa shape index (κ1) is 20.1. The second kappa shape index (κ2) is 6.97. The van der Waals surface area contributed by atoms with Gasteiger partial charge in [0.05, 0.1) is 18.4 Å². The fourth-order valence-electron chi connectivity index (χ4n) is 6.31. The van der Waals surface area contributed by atoms with Gasteiger partial charge in [0.25, 0.3) is 0 Å². The molecule has 2 aliphatic heterocycles. The number of carbonyl (C=O) groups is 1. The molecular weight excluding hydrogens is 392 g/mol. The zero-order valence-corrected chi connectivity index (χ0v) is 19.2. The summed E-state index contributed by atoms with van der Waals surface area (Å²) in [6.07, 6.45) is 11.8. The molecule has 3 saturated carbocycles. The number of nitrogens with zero attached hydrogens (tertiary/aromatic N) is 2. The minimum absolute atomic E-state index is 0.158. The van der Waals surface area contributed by atoms with Crippen LogP contribution in [-0.4, -0.2) is 39.9 Å². The van der Waals surface area contributed by atoms with E-state index in [1.807, 2.05) is 25.7 Å². The molecule has 31 heavy (non-hydrogen) atoms. The molecule has 3 aliphatic carbocycles. The summed E-state index contributed by atoms with van der Waals surface area (Å²) in [6.45, 7) is 6.42. The van der Waals surface area contributed by atoms with Gasteiger partial charge < -0.3 is 18.9 Å². The van der Waals surface area contributed by atoms with Crippen LogP contribution in [0.4, 0.5) is 4.79 Å². The molecule has 6 rings (SSSR count). The molecule has 1 aromatic heterocycles. The van der Waals surface area contributed by atoms with E-state index in [9.17, 15) is 4.79 Å². The molecule has 1 spiro atoms. The Morgan fingerprint density at radius 3 is 2.35 bits per heavy atom. The molecule has 0 aromatic carbocycles. The van der Waals surface area contributed by atoms with Gasteiger partial charge in [-0.2, -0.15) is 0 Å². The highest BCUT2D eigenvalue weighted by Gasteiger charge is 2.55. The standard InChI is InChI=1S/C25H36N2O4/c1-24(2,3)30-23(28)27-17-6-7-18(27)11-19(10-17)29-14-20-21(16-12-25(13-16)8-9-25)26-31-22(20)15-4-5-15/h15-19H,4-14H2,1-3H3/t17-,18?,19?/m0/s1. The summed E-state index contributed by atoms with van der Waals surface area (Å²) in [6, 6.07) is 0.481. The van der Waals surface area contributed by atoms with E-state index in [0.717, 1.165) is 31.4 Å². The second-order valence-corrected chi connectivity index (χ2v) is 12.0. The fourth-order valence-corrected chi connectivity index (χ4v) is 6.31. The molecule has 2 unspecified atom stereocenters. The Labute approximate surface area is 185 Å². The van der Waals surface area contributed by atoms with Crippen LogP contribution in [0.25, 0.3) is 0 Å². The van der Waals surface area contributed by atoms with E-state index in [2.05, 4.69) is 5.16 Å². The highest BCUT2D eigenvalue weighted by Crippen LogP contribution is 2.66. The van der Waals surface area contributed by atoms with Crippen molar-refractivity contribution in [2.45, 2.75) is 127 Å². The van der Waals surface area contributed by atoms with Crippen LogP contribution in [0.1, 0.15) is 114 Å². The number of hydrogen-bond donors (Lipinski definition) is 0. The summed E-state index contributed by atoms with van der Waals surface area (Å²) in [5, 5.41) is 4.54. The molecule has 2 bridgehead atoms. The molecule has 170 valence electrons. The smallest absolute Gasteiger partial charge is 0.410 e. The normalized spacial score (nSPS) is 31.7. The van der Waals surface area contributed by atoms with E-state index >= 15 is 0 Å². The Morgan fingerprint density at radius 1 is 1.10 bits per heavy atom. The molecule has 1 amide bonds. The van der Waals surface area contributed by atoms with Crippen molar-refractivity contribution in [1.82, 2.24) is 10.1 Å². The maximum absolute atomic E-state index is 12.7. The van der Waals surface area contributed by atoms with Crippen molar-refractivity contribution in [1.29, 1.82) is 0 Å². The molecule has 0 radical (unpaired) electrons. The molecular formula is C25H36N2O4. The van der Waals surface area contributed by atoms with Gasteiger partial charge in [0, 0.05) is 29.5 Å². The van der Waals surface area contributed by atoms with Crippen molar-refractivity contribution in [3.63, 3.8) is 0 Å². The van der Waals surface area contributed by atoms with Crippen molar-refractivity contribution >= 4 is 6.09 Å². The van der Waals surface area contributed by atoms with Gasteiger partial charge >= 0.3 is 6.09 Å². The third kappa shape index (κ3) is 3.79. The first-order valence-electron chi connectivity index (χ1n) is 12.4. The second-order valence-electron chi connectivity index (χ2n) is 12.0. The molecule has 1 aromatic rings. The fraction of sp³-hybridized carbons (Fsp3) is 0.840. The summed E-state index contributed by atoms with van der Waals surface area (Å²) < 4.78 is 18.0. The molecule has 3 heterocycles. The van der Waals surface area contributed by atoms with Crippen LogP contribution in [-0.2, 0) is 16.1 Å². The van der Waals surface area contributed by atoms with Gasteiger partial charge in [-0.05, 0) is 90.4 Å². The minimum Gasteiger partial charge on any atom is -0.444 e. The van der Waals surface area contributed by atoms with E-state index < -0.39 is 5.60 Å². The highest BCUT2D eigenvalue weighted by molar-refractivity contribution is 5.69. The first-order chi connectivity index (χ1) is 14.8. The topological polar surface area (TPSA) is 64.8 Å². The number of amides is 1. The Kier molecular flexibility index (Phi) is 4.51. The van der Waals surface area contributed by atoms with E-state index in [-0.39, 0.29) is 24.3 Å². The van der Waals surface area contributed by atoms with Gasteiger partial charge in [-0.3, -0.25) is 0 Å². The summed E-state index contributed by atoms with van der Waals surface area (Å²) >= 11 is 0. The lowest BCUT2D eigenvalue weighted by atomic mass is 9.69. The zero-order chi connectivity index (χ0) is 21.4. The molecule has 5 fully saturated rings. The van der Waals surface area contributed by atoms with Crippen LogP contribution in [0.3, 0.4) is 0 Å². The maximum atomic E-state index is 12.7. The monoisotopic (exact) mass is 428 g/mol. The van der Waals surface area contributed by atoms with Crippen LogP contribution in [0, 0.1) is 5.41 Å². The average molecular weight is 429 g/mol. The summed E-state index contributed by atoms with van der Waals surface area (Å²) in [5.41, 5.74) is 2.65. The van der Waals surface area contributed by atoms with E-state index in [1.165, 1.54) is 49.8 Å². The zero-order valence-electron chi connectivity index (χ0n) is 19.2. The largest absolute Gasteiger partial charge is 0.444 e. The Morgan fingerprint density at radius 2 is 1.77 bits per heavy atom. The van der Waals surface area contributed by atoms with E-state index in [0.29, 0.717) is 23.9 Å². The Balaban J connectivity index is 1.11. The molecule has 6 nitrogen and oxygen atoms in total. The van der Waals surface area contributed by atoms with Gasteiger partial charge in [0.15, 0.2) is 0 Å². The molecule has 6 heteroatoms. The summed E-state index contributed by atoms with van der Waals surface area (Å²) in [7, 11) is 0. The van der Waals surface area contributed by atoms with Crippen molar-refractivity contribution in [2.24, 2.45) is 5.41 Å². The summed E-state index contributed by atoms with van der Waals surface area (Å²) in [4.78, 5) is 14.7. The number of rotatable bonds is 5. The number of carbonyl (C=O) groups excluding carboxylic acids is 1. The van der Waals surface area contributed by atoms with Crippen LogP contribution in [0.2, 0.25) is 0 Å². The molecule has 2 saturated heterocycles. The molecule has 3 atom stereocenters. The van der Waals surface area contributed by atoms with Gasteiger partial charge in [-0.25, -0.2) is 4.79 Å². The van der Waals surface area contributed by atoms with Gasteiger partial charge in [0.2, 0.25) is 0 Å². The van der Waals surface area contributed by atoms with Crippen molar-refractivity contribution < 1.29 is 18.8 Å². The number of piperidine rings is 1. The van der Waals surface area contributed by atoms with Crippen LogP contribution >= 0.6 is 0 Å². The quantitative estimate of drug-likeness (QED) is 0.606. The molecule has 0 N–H and O–H groups in total. The lowest BCUT2D eigenvalue weighted by Gasteiger charge is -2.39. The van der Waals surface area contributed by atoms with Gasteiger partial charge in [-0.1, -0.05) is 5.16 Å². The van der Waals surface area contributed by atoms with Crippen LogP contribution in [0.15, 0.2) is 4.52 Å². The van der Waals surface area contributed by atoms with Crippen molar-refractivity contribution in [3.8, 4) is 0 Å². The Hall–Kier alpha value is -1.56. The number of aromatic nitrogens is 1. The predicted octanol–water partition coefficient (Wildman–Crippen LogP) is 5.66. The minimum atomic E-state index is -0.450. The van der Waals surface area contributed by atoms with Crippen LogP contribution < -0.4 is 0 Å². The third-order valence-electron chi connectivity index (χ3n) is 8.26. The van der Waals surface area contributed by atoms with Gasteiger partial charge in [0.1, 0.15) is 11.4 Å². The maximum Gasteiger partial charge on any atom is 0.410 e. The van der Waals surface area contributed by atoms with Crippen LogP contribution in [0.5, 0.6) is 0 Å². The SMILES string of the molecule is CC(C)(C)OC(=O)N1C2CC[C@H]1CC(OCc1c(C3CC4(CC4)C3)noc1C1CC1)C2. The number of fused-ring (bicyclic) bond motifs is 2. The lowest BCUT2D eigenvalue weighted by Crippen LogP contribution is -2.50. The predicted molar refractivity (Wildman–Crippen MR) is 115 cm³/mol. The van der Waals surface area contributed by atoms with Crippen molar-refractivity contribution in [2.75, 3.05) is 0 Å². The number of ether oxygens (including phenoxy) is 2. The highest BCUT2D eigenvalue weighted by atomic mass is 16.6. The average Bonchev–Trinajstić information content (AvgIpc) is 3.58. The lowest BCUT2D eigenvalue weighted by molar-refractivity contribution is -0.0401.